The van der Waals surface area contributed by atoms with Crippen molar-refractivity contribution >= 4 is 16.6 Å². The van der Waals surface area contributed by atoms with Gasteiger partial charge in [-0.05, 0) is 23.6 Å². The topological polar surface area (TPSA) is 30.2 Å². The second-order valence-electron chi connectivity index (χ2n) is 4.18. The SMILES string of the molecule is COc1ccc2c(C)[n+](CC(C)=O)ccc2c1. The number of aryl methyl sites for hydroxylation is 1. The number of hydrogen-bond donors (Lipinski definition) is 0. The first-order valence-electron chi connectivity index (χ1n) is 5.58. The van der Waals surface area contributed by atoms with Crippen LogP contribution in [0.25, 0.3) is 10.8 Å². The van der Waals surface area contributed by atoms with Crippen LogP contribution in [-0.2, 0) is 11.3 Å². The minimum Gasteiger partial charge on any atom is -0.497 e. The van der Waals surface area contributed by atoms with Gasteiger partial charge in [0.25, 0.3) is 0 Å². The number of rotatable bonds is 3. The summed E-state index contributed by atoms with van der Waals surface area (Å²) in [6.07, 6.45) is 1.94. The zero-order chi connectivity index (χ0) is 12.4. The summed E-state index contributed by atoms with van der Waals surface area (Å²) in [5.74, 6) is 1.01. The maximum Gasteiger partial charge on any atom is 0.206 e. The average molecular weight is 230 g/mol. The predicted octanol–water partition coefficient (Wildman–Crippen LogP) is 2.03. The van der Waals surface area contributed by atoms with Crippen LogP contribution in [0.2, 0.25) is 0 Å². The van der Waals surface area contributed by atoms with E-state index in [1.807, 2.05) is 42.0 Å². The minimum absolute atomic E-state index is 0.158. The molecule has 88 valence electrons. The Morgan fingerprint density at radius 3 is 2.76 bits per heavy atom. The Hall–Kier alpha value is -1.90. The molecule has 1 aromatic carbocycles. The highest BCUT2D eigenvalue weighted by molar-refractivity contribution is 5.84. The summed E-state index contributed by atoms with van der Waals surface area (Å²) in [5.41, 5.74) is 1.10. The average Bonchev–Trinajstić information content (AvgIpc) is 2.32. The van der Waals surface area contributed by atoms with E-state index in [-0.39, 0.29) is 5.78 Å². The summed E-state index contributed by atoms with van der Waals surface area (Å²) in [6.45, 7) is 4.05. The number of hydrogen-bond acceptors (Lipinski definition) is 2. The highest BCUT2D eigenvalue weighted by Crippen LogP contribution is 2.21. The second kappa shape index (κ2) is 4.53. The number of aromatic nitrogens is 1. The molecule has 17 heavy (non-hydrogen) atoms. The number of ketones is 1. The van der Waals surface area contributed by atoms with Crippen molar-refractivity contribution in [2.45, 2.75) is 20.4 Å². The number of pyridine rings is 1. The molecule has 0 bridgehead atoms. The van der Waals surface area contributed by atoms with Gasteiger partial charge in [0.15, 0.2) is 17.7 Å². The molecule has 2 rings (SSSR count). The van der Waals surface area contributed by atoms with Crippen molar-refractivity contribution in [1.29, 1.82) is 0 Å². The number of benzene rings is 1. The second-order valence-corrected chi connectivity index (χ2v) is 4.18. The van der Waals surface area contributed by atoms with Crippen molar-refractivity contribution in [2.75, 3.05) is 7.11 Å². The first-order valence-corrected chi connectivity index (χ1v) is 5.58. The third-order valence-electron chi connectivity index (χ3n) is 2.91. The van der Waals surface area contributed by atoms with Crippen molar-refractivity contribution in [3.8, 4) is 5.75 Å². The lowest BCUT2D eigenvalue weighted by molar-refractivity contribution is -0.688. The molecule has 0 N–H and O–H groups in total. The summed E-state index contributed by atoms with van der Waals surface area (Å²) in [6, 6.07) is 7.97. The minimum atomic E-state index is 0.158. The zero-order valence-corrected chi connectivity index (χ0v) is 10.4. The maximum atomic E-state index is 11.2. The fourth-order valence-corrected chi connectivity index (χ4v) is 1.98. The first kappa shape index (κ1) is 11.6. The van der Waals surface area contributed by atoms with Crippen molar-refractivity contribution in [1.82, 2.24) is 0 Å². The number of carbonyl (C=O) groups is 1. The van der Waals surface area contributed by atoms with Gasteiger partial charge in [-0.15, -0.1) is 0 Å². The molecule has 0 saturated carbocycles. The number of nitrogens with zero attached hydrogens (tertiary/aromatic N) is 1. The Morgan fingerprint density at radius 1 is 1.35 bits per heavy atom. The monoisotopic (exact) mass is 230 g/mol. The van der Waals surface area contributed by atoms with E-state index in [0.29, 0.717) is 6.54 Å². The van der Waals surface area contributed by atoms with Gasteiger partial charge in [0, 0.05) is 25.3 Å². The van der Waals surface area contributed by atoms with Gasteiger partial charge in [0.05, 0.1) is 7.11 Å². The van der Waals surface area contributed by atoms with E-state index in [2.05, 4.69) is 0 Å². The van der Waals surface area contributed by atoms with Gasteiger partial charge in [-0.2, -0.15) is 4.57 Å². The van der Waals surface area contributed by atoms with E-state index in [1.54, 1.807) is 14.0 Å². The molecule has 0 spiro atoms. The van der Waals surface area contributed by atoms with E-state index in [1.165, 1.54) is 0 Å². The van der Waals surface area contributed by atoms with Crippen molar-refractivity contribution < 1.29 is 14.1 Å². The van der Waals surface area contributed by atoms with Crippen molar-refractivity contribution in [2.24, 2.45) is 0 Å². The lowest BCUT2D eigenvalue weighted by Crippen LogP contribution is -2.39. The highest BCUT2D eigenvalue weighted by atomic mass is 16.5. The molecule has 0 radical (unpaired) electrons. The summed E-state index contributed by atoms with van der Waals surface area (Å²) in [7, 11) is 1.66. The van der Waals surface area contributed by atoms with Gasteiger partial charge in [-0.25, -0.2) is 0 Å². The van der Waals surface area contributed by atoms with Crippen LogP contribution in [0.4, 0.5) is 0 Å². The fraction of sp³-hybridized carbons (Fsp3) is 0.286. The molecule has 3 nitrogen and oxygen atoms in total. The maximum absolute atomic E-state index is 11.2. The summed E-state index contributed by atoms with van der Waals surface area (Å²) >= 11 is 0. The molecule has 1 aromatic heterocycles. The first-order chi connectivity index (χ1) is 8.11. The molecule has 2 aromatic rings. The van der Waals surface area contributed by atoms with E-state index in [9.17, 15) is 4.79 Å². The third kappa shape index (κ3) is 2.28. The molecule has 0 unspecified atom stereocenters. The smallest absolute Gasteiger partial charge is 0.206 e. The Labute approximate surface area is 101 Å². The van der Waals surface area contributed by atoms with E-state index < -0.39 is 0 Å². The number of methoxy groups -OCH3 is 1. The Morgan fingerprint density at radius 2 is 2.12 bits per heavy atom. The van der Waals surface area contributed by atoms with Crippen LogP contribution in [0.1, 0.15) is 12.6 Å². The molecule has 0 amide bonds. The Bertz CT molecular complexity index is 576. The molecule has 0 aliphatic carbocycles. The van der Waals surface area contributed by atoms with Crippen molar-refractivity contribution in [3.05, 3.63) is 36.2 Å². The molecular formula is C14H16NO2+. The quantitative estimate of drug-likeness (QED) is 0.755. The number of Topliss-reactive ketones (excluding diaryl/α,β-unsaturated/α-hetero) is 1. The van der Waals surface area contributed by atoms with E-state index in [4.69, 9.17) is 4.74 Å². The van der Waals surface area contributed by atoms with Gasteiger partial charge in [0.1, 0.15) is 5.75 Å². The number of fused-ring (bicyclic) bond motifs is 1. The lowest BCUT2D eigenvalue weighted by atomic mass is 10.1. The predicted molar refractivity (Wildman–Crippen MR) is 66.1 cm³/mol. The van der Waals surface area contributed by atoms with Gasteiger partial charge in [-0.3, -0.25) is 4.79 Å². The van der Waals surface area contributed by atoms with Gasteiger partial charge < -0.3 is 4.74 Å². The standard InChI is InChI=1S/C14H16NO2/c1-10(16)9-15-7-6-12-8-13(17-3)4-5-14(12)11(15)2/h4-8H,9H2,1-3H3/q+1. The van der Waals surface area contributed by atoms with Crippen LogP contribution >= 0.6 is 0 Å². The summed E-state index contributed by atoms with van der Waals surface area (Å²) < 4.78 is 7.17. The van der Waals surface area contributed by atoms with Gasteiger partial charge in [-0.1, -0.05) is 0 Å². The van der Waals surface area contributed by atoms with E-state index >= 15 is 0 Å². The number of carbonyl (C=O) groups excluding carboxylic acids is 1. The van der Waals surface area contributed by atoms with Crippen LogP contribution in [-0.4, -0.2) is 12.9 Å². The van der Waals surface area contributed by atoms with Gasteiger partial charge >= 0.3 is 0 Å². The zero-order valence-electron chi connectivity index (χ0n) is 10.4. The summed E-state index contributed by atoms with van der Waals surface area (Å²) in [4.78, 5) is 11.2. The van der Waals surface area contributed by atoms with Crippen LogP contribution in [0.3, 0.4) is 0 Å². The van der Waals surface area contributed by atoms with Crippen LogP contribution < -0.4 is 9.30 Å². The lowest BCUT2D eigenvalue weighted by Gasteiger charge is -2.05. The molecule has 0 fully saturated rings. The Kier molecular flexibility index (Phi) is 3.09. The van der Waals surface area contributed by atoms with Crippen LogP contribution in [0.5, 0.6) is 5.75 Å². The molecule has 0 atom stereocenters. The highest BCUT2D eigenvalue weighted by Gasteiger charge is 2.12. The van der Waals surface area contributed by atoms with Crippen LogP contribution in [0.15, 0.2) is 30.5 Å². The fourth-order valence-electron chi connectivity index (χ4n) is 1.98. The third-order valence-corrected chi connectivity index (χ3v) is 2.91. The number of ether oxygens (including phenoxy) is 1. The largest absolute Gasteiger partial charge is 0.497 e. The molecule has 0 saturated heterocycles. The van der Waals surface area contributed by atoms with Crippen LogP contribution in [0, 0.1) is 6.92 Å². The van der Waals surface area contributed by atoms with E-state index in [0.717, 1.165) is 22.2 Å². The Balaban J connectivity index is 2.56. The molecule has 1 heterocycles. The summed E-state index contributed by atoms with van der Waals surface area (Å²) in [5, 5.41) is 2.27. The molecule has 0 aliphatic heterocycles. The molecule has 3 heteroatoms. The molecule has 0 aliphatic rings. The molecular weight excluding hydrogens is 214 g/mol. The van der Waals surface area contributed by atoms with Gasteiger partial charge in [0.2, 0.25) is 6.54 Å². The normalized spacial score (nSPS) is 10.5. The van der Waals surface area contributed by atoms with Crippen molar-refractivity contribution in [3.63, 3.8) is 0 Å².